The van der Waals surface area contributed by atoms with Gasteiger partial charge in [0.25, 0.3) is 0 Å². The maximum atomic E-state index is 12.0. The van der Waals surface area contributed by atoms with Gasteiger partial charge >= 0.3 is 0 Å². The summed E-state index contributed by atoms with van der Waals surface area (Å²) in [6, 6.07) is 8.06. The fraction of sp³-hybridized carbons (Fsp3) is 0.444. The summed E-state index contributed by atoms with van der Waals surface area (Å²) in [7, 11) is 0. The van der Waals surface area contributed by atoms with Gasteiger partial charge in [-0.05, 0) is 24.3 Å². The van der Waals surface area contributed by atoms with Gasteiger partial charge in [-0.15, -0.1) is 6.42 Å². The van der Waals surface area contributed by atoms with E-state index in [2.05, 4.69) is 38.2 Å². The molecule has 0 unspecified atom stereocenters. The summed E-state index contributed by atoms with van der Waals surface area (Å²) in [5.74, 6) is 4.15. The van der Waals surface area contributed by atoms with Crippen molar-refractivity contribution in [1.29, 1.82) is 0 Å². The molecule has 1 aromatic rings. The molecule has 25 heavy (non-hydrogen) atoms. The van der Waals surface area contributed by atoms with Crippen LogP contribution >= 0.6 is 23.5 Å². The van der Waals surface area contributed by atoms with Crippen molar-refractivity contribution in [1.82, 2.24) is 4.90 Å². The van der Waals surface area contributed by atoms with E-state index in [1.165, 1.54) is 17.4 Å². The molecule has 0 saturated carbocycles. The number of rotatable bonds is 5. The summed E-state index contributed by atoms with van der Waals surface area (Å²) in [5.41, 5.74) is 2.02. The van der Waals surface area contributed by atoms with Gasteiger partial charge in [-0.3, -0.25) is 14.7 Å². The summed E-state index contributed by atoms with van der Waals surface area (Å²) in [6.07, 6.45) is 5.37. The van der Waals surface area contributed by atoms with E-state index in [-0.39, 0.29) is 5.91 Å². The molecule has 1 N–H and O–H groups in total. The Kier molecular flexibility index (Phi) is 6.68. The zero-order valence-corrected chi connectivity index (χ0v) is 15.7. The number of piperazine rings is 1. The normalized spacial score (nSPS) is 17.9. The second kappa shape index (κ2) is 9.18. The van der Waals surface area contributed by atoms with Crippen LogP contribution in [0.5, 0.6) is 0 Å². The molecule has 1 aromatic carbocycles. The Hall–Kier alpha value is -1.62. The largest absolute Gasteiger partial charge is 0.369 e. The highest BCUT2D eigenvalue weighted by Crippen LogP contribution is 2.23. The fourth-order valence-corrected chi connectivity index (χ4v) is 4.59. The lowest BCUT2D eigenvalue weighted by Crippen LogP contribution is -2.46. The van der Waals surface area contributed by atoms with E-state index in [1.807, 2.05) is 12.1 Å². The summed E-state index contributed by atoms with van der Waals surface area (Å²) < 4.78 is 1.02. The monoisotopic (exact) mass is 374 g/mol. The third-order valence-electron chi connectivity index (χ3n) is 4.09. The molecule has 0 aliphatic carbocycles. The predicted molar refractivity (Wildman–Crippen MR) is 110 cm³/mol. The number of aliphatic imine (C=N–C) groups is 1. The molecule has 0 spiro atoms. The first-order valence-electron chi connectivity index (χ1n) is 8.35. The van der Waals surface area contributed by atoms with E-state index in [0.717, 1.165) is 55.1 Å². The Labute approximate surface area is 157 Å². The van der Waals surface area contributed by atoms with Crippen LogP contribution in [0, 0.1) is 12.3 Å². The molecule has 132 valence electrons. The van der Waals surface area contributed by atoms with Crippen LogP contribution in [0.3, 0.4) is 0 Å². The van der Waals surface area contributed by atoms with Gasteiger partial charge < -0.3 is 10.2 Å². The summed E-state index contributed by atoms with van der Waals surface area (Å²) in [5, 5.41) is 2.95. The molecule has 2 heterocycles. The van der Waals surface area contributed by atoms with Gasteiger partial charge in [0.05, 0.1) is 18.8 Å². The van der Waals surface area contributed by atoms with E-state index in [0.29, 0.717) is 5.75 Å². The van der Waals surface area contributed by atoms with Crippen molar-refractivity contribution in [2.45, 2.75) is 0 Å². The number of carbonyl (C=O) groups is 1. The Morgan fingerprint density at radius 3 is 2.68 bits per heavy atom. The minimum Gasteiger partial charge on any atom is -0.369 e. The Balaban J connectivity index is 1.45. The molecule has 0 bridgehead atoms. The van der Waals surface area contributed by atoms with Gasteiger partial charge in [-0.1, -0.05) is 29.4 Å². The molecule has 1 amide bonds. The van der Waals surface area contributed by atoms with Crippen molar-refractivity contribution in [2.24, 2.45) is 4.99 Å². The van der Waals surface area contributed by atoms with E-state index in [4.69, 9.17) is 6.42 Å². The highest BCUT2D eigenvalue weighted by Gasteiger charge is 2.16. The zero-order chi connectivity index (χ0) is 17.5. The average molecular weight is 375 g/mol. The van der Waals surface area contributed by atoms with Crippen LogP contribution in [0.25, 0.3) is 0 Å². The minimum absolute atomic E-state index is 0.0100. The topological polar surface area (TPSA) is 47.9 Å². The maximum Gasteiger partial charge on any atom is 0.234 e. The molecule has 1 saturated heterocycles. The van der Waals surface area contributed by atoms with E-state index in [9.17, 15) is 4.79 Å². The maximum absolute atomic E-state index is 12.0. The predicted octanol–water partition coefficient (Wildman–Crippen LogP) is 2.22. The molecule has 0 atom stereocenters. The molecular weight excluding hydrogens is 352 g/mol. The number of hydrogen-bond acceptors (Lipinski definition) is 6. The van der Waals surface area contributed by atoms with E-state index >= 15 is 0 Å². The third-order valence-corrected chi connectivity index (χ3v) is 6.34. The first kappa shape index (κ1) is 18.2. The number of anilines is 2. The van der Waals surface area contributed by atoms with Crippen molar-refractivity contribution < 1.29 is 4.79 Å². The van der Waals surface area contributed by atoms with Crippen LogP contribution in [0.1, 0.15) is 0 Å². The van der Waals surface area contributed by atoms with Crippen molar-refractivity contribution in [3.8, 4) is 12.3 Å². The lowest BCUT2D eigenvalue weighted by molar-refractivity contribution is -0.113. The van der Waals surface area contributed by atoms with E-state index in [1.54, 1.807) is 11.8 Å². The smallest absolute Gasteiger partial charge is 0.234 e. The van der Waals surface area contributed by atoms with Gasteiger partial charge in [0.2, 0.25) is 5.91 Å². The lowest BCUT2D eigenvalue weighted by atomic mass is 10.2. The molecule has 0 aromatic heterocycles. The number of benzene rings is 1. The summed E-state index contributed by atoms with van der Waals surface area (Å²) in [6.45, 7) is 5.52. The van der Waals surface area contributed by atoms with Crippen molar-refractivity contribution in [2.75, 3.05) is 61.0 Å². The van der Waals surface area contributed by atoms with Gasteiger partial charge in [-0.2, -0.15) is 0 Å². The number of hydrogen-bond donors (Lipinski definition) is 1. The fourth-order valence-electron chi connectivity index (χ4n) is 2.78. The molecule has 5 nitrogen and oxygen atoms in total. The number of nitrogens with zero attached hydrogens (tertiary/aromatic N) is 3. The third kappa shape index (κ3) is 5.43. The van der Waals surface area contributed by atoms with Gasteiger partial charge in [-0.25, -0.2) is 0 Å². The van der Waals surface area contributed by atoms with Gasteiger partial charge in [0.15, 0.2) is 0 Å². The van der Waals surface area contributed by atoms with Crippen molar-refractivity contribution in [3.63, 3.8) is 0 Å². The van der Waals surface area contributed by atoms with Crippen LogP contribution in [0.2, 0.25) is 0 Å². The molecule has 2 aliphatic heterocycles. The number of terminal acetylenes is 1. The average Bonchev–Trinajstić information content (AvgIpc) is 3.15. The molecule has 7 heteroatoms. The molecule has 0 radical (unpaired) electrons. The highest BCUT2D eigenvalue weighted by atomic mass is 32.2. The minimum atomic E-state index is 0.0100. The lowest BCUT2D eigenvalue weighted by Gasteiger charge is -2.35. The van der Waals surface area contributed by atoms with Crippen LogP contribution in [0.15, 0.2) is 29.3 Å². The van der Waals surface area contributed by atoms with Crippen LogP contribution in [-0.2, 0) is 4.79 Å². The van der Waals surface area contributed by atoms with Crippen molar-refractivity contribution >= 4 is 45.2 Å². The number of carbonyl (C=O) groups excluding carboxylic acids is 1. The van der Waals surface area contributed by atoms with Crippen LogP contribution in [-0.4, -0.2) is 66.0 Å². The first-order chi connectivity index (χ1) is 12.2. The summed E-state index contributed by atoms with van der Waals surface area (Å²) in [4.78, 5) is 21.0. The standard InChI is InChI=1S/C18H22N4OS2/c1-2-8-21-9-11-22(12-10-21)16-5-3-15(4-6-16)20-17(23)14-25-18-19-7-13-24-18/h1,3-6H,7-14H2,(H,20,23). The van der Waals surface area contributed by atoms with Crippen LogP contribution in [0.4, 0.5) is 11.4 Å². The second-order valence-corrected chi connectivity index (χ2v) is 8.15. The number of thioether (sulfide) groups is 2. The molecule has 2 aliphatic rings. The molecule has 1 fully saturated rings. The van der Waals surface area contributed by atoms with Crippen LogP contribution < -0.4 is 10.2 Å². The first-order valence-corrected chi connectivity index (χ1v) is 10.3. The summed E-state index contributed by atoms with van der Waals surface area (Å²) >= 11 is 3.24. The quantitative estimate of drug-likeness (QED) is 0.801. The Bertz CT molecular complexity index is 661. The number of amides is 1. The zero-order valence-electron chi connectivity index (χ0n) is 14.1. The Morgan fingerprint density at radius 2 is 2.04 bits per heavy atom. The molecule has 3 rings (SSSR count). The molecular formula is C18H22N4OS2. The van der Waals surface area contributed by atoms with Crippen molar-refractivity contribution in [3.05, 3.63) is 24.3 Å². The van der Waals surface area contributed by atoms with Gasteiger partial charge in [0.1, 0.15) is 4.38 Å². The Morgan fingerprint density at radius 1 is 1.28 bits per heavy atom. The number of nitrogens with one attached hydrogen (secondary N) is 1. The highest BCUT2D eigenvalue weighted by molar-refractivity contribution is 8.39. The van der Waals surface area contributed by atoms with Gasteiger partial charge in [0, 0.05) is 43.3 Å². The SMILES string of the molecule is C#CCN1CCN(c2ccc(NC(=O)CSC3=NCCS3)cc2)CC1. The second-order valence-electron chi connectivity index (χ2n) is 5.85. The van der Waals surface area contributed by atoms with E-state index < -0.39 is 0 Å².